The molecule has 2 N–H and O–H groups in total. The van der Waals surface area contributed by atoms with E-state index in [1.165, 1.54) is 0 Å². The number of hydrogen-bond acceptors (Lipinski definition) is 5. The standard InChI is InChI=1S/C18H24N4O3/c1-12(2)9-10-19-18(23)20-14-5-7-15(8-6-14)24-11-16-21-17(25-22-16)13-3-4-13/h5-8,12-13H,3-4,9-11H2,1-2H3,(H2,19,20,23). The van der Waals surface area contributed by atoms with Gasteiger partial charge in [0.15, 0.2) is 6.61 Å². The van der Waals surface area contributed by atoms with Gasteiger partial charge in [-0.2, -0.15) is 4.98 Å². The summed E-state index contributed by atoms with van der Waals surface area (Å²) in [6, 6.07) is 6.98. The Morgan fingerprint density at radius 3 is 2.76 bits per heavy atom. The average Bonchev–Trinajstić information content (AvgIpc) is 3.32. The highest BCUT2D eigenvalue weighted by atomic mass is 16.5. The molecule has 1 aliphatic carbocycles. The zero-order valence-electron chi connectivity index (χ0n) is 14.6. The molecule has 1 fully saturated rings. The summed E-state index contributed by atoms with van der Waals surface area (Å²) in [5.74, 6) is 2.95. The molecule has 0 bridgehead atoms. The van der Waals surface area contributed by atoms with Crippen LogP contribution >= 0.6 is 0 Å². The number of nitrogens with zero attached hydrogens (tertiary/aromatic N) is 2. The number of carbonyl (C=O) groups is 1. The van der Waals surface area contributed by atoms with E-state index in [1.54, 1.807) is 24.3 Å². The Kier molecular flexibility index (Phi) is 5.53. The van der Waals surface area contributed by atoms with Crippen LogP contribution in [0.4, 0.5) is 10.5 Å². The number of urea groups is 1. The predicted molar refractivity (Wildman–Crippen MR) is 93.5 cm³/mol. The molecule has 7 nitrogen and oxygen atoms in total. The number of rotatable bonds is 8. The lowest BCUT2D eigenvalue weighted by Crippen LogP contribution is -2.30. The number of nitrogens with one attached hydrogen (secondary N) is 2. The fraction of sp³-hybridized carbons (Fsp3) is 0.500. The number of ether oxygens (including phenoxy) is 1. The minimum atomic E-state index is -0.200. The van der Waals surface area contributed by atoms with Crippen LogP contribution in [-0.4, -0.2) is 22.7 Å². The van der Waals surface area contributed by atoms with Crippen molar-refractivity contribution < 1.29 is 14.1 Å². The summed E-state index contributed by atoms with van der Waals surface area (Å²) < 4.78 is 10.8. The summed E-state index contributed by atoms with van der Waals surface area (Å²) in [4.78, 5) is 16.1. The van der Waals surface area contributed by atoms with Crippen LogP contribution in [0.2, 0.25) is 0 Å². The van der Waals surface area contributed by atoms with Crippen LogP contribution in [0, 0.1) is 5.92 Å². The number of benzene rings is 1. The Morgan fingerprint density at radius 1 is 1.32 bits per heavy atom. The minimum absolute atomic E-state index is 0.200. The number of aromatic nitrogens is 2. The van der Waals surface area contributed by atoms with Gasteiger partial charge in [0.05, 0.1) is 0 Å². The normalized spacial score (nSPS) is 13.7. The molecular weight excluding hydrogens is 320 g/mol. The van der Waals surface area contributed by atoms with Gasteiger partial charge in [0, 0.05) is 18.2 Å². The molecule has 25 heavy (non-hydrogen) atoms. The summed E-state index contributed by atoms with van der Waals surface area (Å²) in [7, 11) is 0. The second-order valence-corrected chi connectivity index (χ2v) is 6.70. The Morgan fingerprint density at radius 2 is 2.08 bits per heavy atom. The molecule has 0 aliphatic heterocycles. The second-order valence-electron chi connectivity index (χ2n) is 6.70. The highest BCUT2D eigenvalue weighted by molar-refractivity contribution is 5.89. The summed E-state index contributed by atoms with van der Waals surface area (Å²) in [5.41, 5.74) is 0.713. The van der Waals surface area contributed by atoms with Gasteiger partial charge in [-0.15, -0.1) is 0 Å². The molecule has 1 heterocycles. The van der Waals surface area contributed by atoms with Crippen molar-refractivity contribution in [1.82, 2.24) is 15.5 Å². The minimum Gasteiger partial charge on any atom is -0.485 e. The van der Waals surface area contributed by atoms with Crippen molar-refractivity contribution in [2.24, 2.45) is 5.92 Å². The highest BCUT2D eigenvalue weighted by Crippen LogP contribution is 2.38. The third-order valence-electron chi connectivity index (χ3n) is 3.90. The molecule has 3 rings (SSSR count). The van der Waals surface area contributed by atoms with E-state index in [2.05, 4.69) is 34.6 Å². The second kappa shape index (κ2) is 8.00. The van der Waals surface area contributed by atoms with Crippen LogP contribution in [0.1, 0.15) is 50.7 Å². The van der Waals surface area contributed by atoms with Gasteiger partial charge in [-0.25, -0.2) is 4.79 Å². The number of anilines is 1. The fourth-order valence-electron chi connectivity index (χ4n) is 2.25. The maximum absolute atomic E-state index is 11.8. The molecule has 1 aromatic heterocycles. The molecule has 0 saturated heterocycles. The highest BCUT2D eigenvalue weighted by Gasteiger charge is 2.29. The molecule has 0 spiro atoms. The number of carbonyl (C=O) groups excluding carboxylic acids is 1. The lowest BCUT2D eigenvalue weighted by molar-refractivity contribution is 0.251. The Labute approximate surface area is 147 Å². The van der Waals surface area contributed by atoms with E-state index in [0.717, 1.165) is 19.3 Å². The summed E-state index contributed by atoms with van der Waals surface area (Å²) in [6.45, 7) is 5.18. The molecule has 0 unspecified atom stereocenters. The first-order chi connectivity index (χ1) is 12.1. The first-order valence-electron chi connectivity index (χ1n) is 8.70. The summed E-state index contributed by atoms with van der Waals surface area (Å²) >= 11 is 0. The topological polar surface area (TPSA) is 89.3 Å². The molecule has 1 aromatic carbocycles. The first-order valence-corrected chi connectivity index (χ1v) is 8.70. The van der Waals surface area contributed by atoms with Gasteiger partial charge in [0.2, 0.25) is 11.7 Å². The molecule has 0 radical (unpaired) electrons. The molecule has 1 saturated carbocycles. The van der Waals surface area contributed by atoms with Gasteiger partial charge in [-0.1, -0.05) is 19.0 Å². The molecule has 1 aliphatic rings. The van der Waals surface area contributed by atoms with Gasteiger partial charge in [-0.3, -0.25) is 0 Å². The van der Waals surface area contributed by atoms with E-state index in [-0.39, 0.29) is 12.6 Å². The van der Waals surface area contributed by atoms with E-state index in [9.17, 15) is 4.79 Å². The first kappa shape index (κ1) is 17.3. The van der Waals surface area contributed by atoms with E-state index in [0.29, 0.717) is 41.5 Å². The third-order valence-corrected chi connectivity index (χ3v) is 3.90. The van der Waals surface area contributed by atoms with Gasteiger partial charge < -0.3 is 19.9 Å². The maximum atomic E-state index is 11.8. The Balaban J connectivity index is 1.42. The largest absolute Gasteiger partial charge is 0.485 e. The molecule has 7 heteroatoms. The summed E-state index contributed by atoms with van der Waals surface area (Å²) in [6.07, 6.45) is 3.21. The number of hydrogen-bond donors (Lipinski definition) is 2. The predicted octanol–water partition coefficient (Wildman–Crippen LogP) is 3.69. The summed E-state index contributed by atoms with van der Waals surface area (Å²) in [5, 5.41) is 9.54. The van der Waals surface area contributed by atoms with E-state index >= 15 is 0 Å². The quantitative estimate of drug-likeness (QED) is 0.762. The number of amides is 2. The monoisotopic (exact) mass is 344 g/mol. The van der Waals surface area contributed by atoms with Gasteiger partial charge in [0.1, 0.15) is 5.75 Å². The van der Waals surface area contributed by atoms with Crippen molar-refractivity contribution in [3.8, 4) is 5.75 Å². The van der Waals surface area contributed by atoms with E-state index in [4.69, 9.17) is 9.26 Å². The zero-order chi connectivity index (χ0) is 17.6. The van der Waals surface area contributed by atoms with Crippen molar-refractivity contribution in [1.29, 1.82) is 0 Å². The van der Waals surface area contributed by atoms with Crippen LogP contribution in [0.15, 0.2) is 28.8 Å². The molecule has 2 aromatic rings. The Hall–Kier alpha value is -2.57. The van der Waals surface area contributed by atoms with Crippen LogP contribution in [0.5, 0.6) is 5.75 Å². The van der Waals surface area contributed by atoms with Gasteiger partial charge >= 0.3 is 6.03 Å². The van der Waals surface area contributed by atoms with E-state index in [1.807, 2.05) is 0 Å². The van der Waals surface area contributed by atoms with Crippen LogP contribution < -0.4 is 15.4 Å². The SMILES string of the molecule is CC(C)CCNC(=O)Nc1ccc(OCc2noc(C3CC3)n2)cc1. The third kappa shape index (κ3) is 5.48. The Bertz CT molecular complexity index is 693. The maximum Gasteiger partial charge on any atom is 0.319 e. The van der Waals surface area contributed by atoms with Crippen molar-refractivity contribution in [2.75, 3.05) is 11.9 Å². The van der Waals surface area contributed by atoms with Crippen molar-refractivity contribution >= 4 is 11.7 Å². The van der Waals surface area contributed by atoms with Crippen molar-refractivity contribution in [3.63, 3.8) is 0 Å². The van der Waals surface area contributed by atoms with Gasteiger partial charge in [0.25, 0.3) is 0 Å². The van der Waals surface area contributed by atoms with Gasteiger partial charge in [-0.05, 0) is 49.4 Å². The molecule has 2 amide bonds. The lowest BCUT2D eigenvalue weighted by atomic mass is 10.1. The smallest absolute Gasteiger partial charge is 0.319 e. The molecule has 0 atom stereocenters. The lowest BCUT2D eigenvalue weighted by Gasteiger charge is -2.09. The van der Waals surface area contributed by atoms with E-state index < -0.39 is 0 Å². The zero-order valence-corrected chi connectivity index (χ0v) is 14.6. The molecular formula is C18H24N4O3. The average molecular weight is 344 g/mol. The molecule has 134 valence electrons. The van der Waals surface area contributed by atoms with Crippen LogP contribution in [-0.2, 0) is 6.61 Å². The fourth-order valence-corrected chi connectivity index (χ4v) is 2.25. The van der Waals surface area contributed by atoms with Crippen molar-refractivity contribution in [3.05, 3.63) is 36.0 Å². The van der Waals surface area contributed by atoms with Crippen molar-refractivity contribution in [2.45, 2.75) is 45.6 Å². The van der Waals surface area contributed by atoms with Crippen LogP contribution in [0.25, 0.3) is 0 Å². The van der Waals surface area contributed by atoms with Crippen LogP contribution in [0.3, 0.4) is 0 Å².